The highest BCUT2D eigenvalue weighted by Crippen LogP contribution is 2.38. The van der Waals surface area contributed by atoms with Gasteiger partial charge in [-0.25, -0.2) is 0 Å². The van der Waals surface area contributed by atoms with Crippen LogP contribution in [-0.4, -0.2) is 0 Å². The Morgan fingerprint density at radius 3 is 2.36 bits per heavy atom. The lowest BCUT2D eigenvalue weighted by molar-refractivity contribution is -0.647. The zero-order chi connectivity index (χ0) is 7.68. The summed E-state index contributed by atoms with van der Waals surface area (Å²) in [6, 6.07) is 5.98. The molecule has 1 heterocycles. The summed E-state index contributed by atoms with van der Waals surface area (Å²) in [5.41, 5.74) is 0.964. The van der Waals surface area contributed by atoms with Crippen LogP contribution in [0.25, 0.3) is 0 Å². The number of halogens is 1. The lowest BCUT2D eigenvalue weighted by Gasteiger charge is -2.08. The van der Waals surface area contributed by atoms with E-state index in [4.69, 9.17) is 11.6 Å². The summed E-state index contributed by atoms with van der Waals surface area (Å²) < 4.78 is 1.99. The van der Waals surface area contributed by atoms with E-state index in [2.05, 4.69) is 0 Å². The number of hydrogen-bond acceptors (Lipinski definition) is 0. The average molecular weight is 168 g/mol. The van der Waals surface area contributed by atoms with Crippen molar-refractivity contribution >= 4 is 11.6 Å². The van der Waals surface area contributed by atoms with E-state index >= 15 is 0 Å². The highest BCUT2D eigenvalue weighted by atomic mass is 35.5. The maximum atomic E-state index is 6.08. The minimum atomic E-state index is 0.629. The molecule has 1 aliphatic carbocycles. The molecule has 0 radical (unpaired) electrons. The molecule has 1 aromatic heterocycles. The molecule has 1 aromatic rings. The fraction of sp³-hybridized carbons (Fsp3) is 0.333. The molecule has 0 aliphatic heterocycles. The Balaban J connectivity index is 2.15. The Morgan fingerprint density at radius 2 is 1.82 bits per heavy atom. The molecule has 0 unspecified atom stereocenters. The minimum Gasteiger partial charge on any atom is -0.321 e. The molecule has 58 valence electrons. The van der Waals surface area contributed by atoms with Crippen LogP contribution < -0.4 is 4.57 Å². The second-order valence-corrected chi connectivity index (χ2v) is 3.27. The predicted molar refractivity (Wildman–Crippen MR) is 43.9 cm³/mol. The van der Waals surface area contributed by atoms with Crippen LogP contribution in [0.3, 0.4) is 0 Å². The molecule has 0 atom stereocenters. The monoisotopic (exact) mass is 167 g/mol. The maximum Gasteiger partial charge on any atom is 0.152 e. The van der Waals surface area contributed by atoms with Gasteiger partial charge in [-0.3, -0.25) is 0 Å². The number of pyridine rings is 1. The maximum absolute atomic E-state index is 6.08. The van der Waals surface area contributed by atoms with E-state index < -0.39 is 0 Å². The van der Waals surface area contributed by atoms with Gasteiger partial charge in [-0.2, -0.15) is 0 Å². The van der Waals surface area contributed by atoms with Gasteiger partial charge in [0, 0.05) is 5.92 Å². The SMILES string of the molecule is Cl[C-](C1CC1)[n+]1ccccc1. The number of aromatic nitrogens is 1. The van der Waals surface area contributed by atoms with Crippen LogP contribution in [0.15, 0.2) is 30.6 Å². The van der Waals surface area contributed by atoms with Crippen molar-refractivity contribution in [2.24, 2.45) is 5.92 Å². The quantitative estimate of drug-likeness (QED) is 0.469. The molecule has 0 aromatic carbocycles. The average Bonchev–Trinajstić information content (AvgIpc) is 2.87. The van der Waals surface area contributed by atoms with Gasteiger partial charge in [0.25, 0.3) is 0 Å². The van der Waals surface area contributed by atoms with Crippen LogP contribution >= 0.6 is 11.6 Å². The van der Waals surface area contributed by atoms with Crippen molar-refractivity contribution in [1.82, 2.24) is 0 Å². The van der Waals surface area contributed by atoms with Crippen molar-refractivity contribution < 1.29 is 4.57 Å². The van der Waals surface area contributed by atoms with Gasteiger partial charge in [-0.1, -0.05) is 42.6 Å². The molecule has 2 rings (SSSR count). The highest BCUT2D eigenvalue weighted by Gasteiger charge is 2.31. The van der Waals surface area contributed by atoms with Gasteiger partial charge in [0.1, 0.15) is 0 Å². The molecule has 0 spiro atoms. The van der Waals surface area contributed by atoms with Gasteiger partial charge in [0.2, 0.25) is 0 Å². The van der Waals surface area contributed by atoms with E-state index in [9.17, 15) is 0 Å². The van der Waals surface area contributed by atoms with Crippen molar-refractivity contribution in [3.05, 3.63) is 36.1 Å². The van der Waals surface area contributed by atoms with Crippen LogP contribution in [0.1, 0.15) is 12.8 Å². The van der Waals surface area contributed by atoms with Crippen LogP contribution in [0, 0.1) is 11.4 Å². The normalized spacial score (nSPS) is 16.5. The molecule has 1 aliphatic rings. The fourth-order valence-electron chi connectivity index (χ4n) is 1.07. The Labute approximate surface area is 71.6 Å². The fourth-order valence-corrected chi connectivity index (χ4v) is 1.40. The Kier molecular flexibility index (Phi) is 1.74. The van der Waals surface area contributed by atoms with Crippen LogP contribution in [0.5, 0.6) is 0 Å². The molecule has 0 N–H and O–H groups in total. The standard InChI is InChI=1S/C9H10ClN/c10-9(8-4-5-8)11-6-2-1-3-7-11/h1-3,6-8H,4-5H2. The summed E-state index contributed by atoms with van der Waals surface area (Å²) in [6.45, 7) is 0. The largest absolute Gasteiger partial charge is 0.321 e. The van der Waals surface area contributed by atoms with Crippen molar-refractivity contribution in [3.8, 4) is 0 Å². The van der Waals surface area contributed by atoms with Crippen molar-refractivity contribution in [2.75, 3.05) is 0 Å². The van der Waals surface area contributed by atoms with Crippen LogP contribution in [-0.2, 0) is 0 Å². The van der Waals surface area contributed by atoms with Crippen molar-refractivity contribution in [3.63, 3.8) is 0 Å². The van der Waals surface area contributed by atoms with E-state index in [0.29, 0.717) is 5.92 Å². The molecule has 0 saturated heterocycles. The van der Waals surface area contributed by atoms with E-state index in [1.54, 1.807) is 0 Å². The van der Waals surface area contributed by atoms with Gasteiger partial charge in [-0.15, -0.1) is 0 Å². The lowest BCUT2D eigenvalue weighted by atomic mass is 10.4. The highest BCUT2D eigenvalue weighted by molar-refractivity contribution is 6.25. The van der Waals surface area contributed by atoms with Gasteiger partial charge < -0.3 is 4.57 Å². The molecule has 1 nitrogen and oxygen atoms in total. The van der Waals surface area contributed by atoms with Gasteiger partial charge in [0.05, 0.1) is 12.4 Å². The van der Waals surface area contributed by atoms with Gasteiger partial charge in [-0.05, 0) is 0 Å². The van der Waals surface area contributed by atoms with E-state index in [1.165, 1.54) is 12.8 Å². The van der Waals surface area contributed by atoms with E-state index in [-0.39, 0.29) is 0 Å². The first kappa shape index (κ1) is 6.99. The third-order valence-corrected chi connectivity index (χ3v) is 2.38. The zero-order valence-corrected chi connectivity index (χ0v) is 6.96. The minimum absolute atomic E-state index is 0.629. The molecular weight excluding hydrogens is 158 g/mol. The van der Waals surface area contributed by atoms with Gasteiger partial charge >= 0.3 is 0 Å². The van der Waals surface area contributed by atoms with E-state index in [0.717, 1.165) is 5.50 Å². The zero-order valence-electron chi connectivity index (χ0n) is 6.20. The molecule has 0 bridgehead atoms. The Morgan fingerprint density at radius 1 is 1.18 bits per heavy atom. The number of nitrogens with zero attached hydrogens (tertiary/aromatic N) is 1. The number of rotatable bonds is 2. The number of hydrogen-bond donors (Lipinski definition) is 0. The summed E-state index contributed by atoms with van der Waals surface area (Å²) in [6.07, 6.45) is 6.47. The third kappa shape index (κ3) is 1.48. The first-order valence-electron chi connectivity index (χ1n) is 3.87. The second kappa shape index (κ2) is 2.74. The third-order valence-electron chi connectivity index (χ3n) is 1.88. The van der Waals surface area contributed by atoms with Crippen molar-refractivity contribution in [2.45, 2.75) is 12.8 Å². The van der Waals surface area contributed by atoms with Gasteiger partial charge in [0.15, 0.2) is 5.50 Å². The molecular formula is C9H10ClN. The predicted octanol–water partition coefficient (Wildman–Crippen LogP) is 1.96. The first-order valence-corrected chi connectivity index (χ1v) is 4.25. The molecule has 2 heteroatoms. The van der Waals surface area contributed by atoms with Crippen LogP contribution in [0.4, 0.5) is 0 Å². The van der Waals surface area contributed by atoms with Crippen molar-refractivity contribution in [1.29, 1.82) is 0 Å². The molecule has 0 amide bonds. The topological polar surface area (TPSA) is 3.88 Å². The summed E-state index contributed by atoms with van der Waals surface area (Å²) in [5.74, 6) is 0.629. The summed E-state index contributed by atoms with van der Waals surface area (Å²) >= 11 is 6.08. The Bertz CT molecular complexity index is 231. The second-order valence-electron chi connectivity index (χ2n) is 2.88. The first-order chi connectivity index (χ1) is 5.38. The lowest BCUT2D eigenvalue weighted by Crippen LogP contribution is -2.37. The summed E-state index contributed by atoms with van der Waals surface area (Å²) in [4.78, 5) is 0. The molecule has 11 heavy (non-hydrogen) atoms. The van der Waals surface area contributed by atoms with Crippen LogP contribution in [0.2, 0.25) is 0 Å². The molecule has 1 saturated carbocycles. The van der Waals surface area contributed by atoms with E-state index in [1.807, 2.05) is 35.2 Å². The molecule has 1 fully saturated rings. The summed E-state index contributed by atoms with van der Waals surface area (Å²) in [5, 5.41) is 0. The summed E-state index contributed by atoms with van der Waals surface area (Å²) in [7, 11) is 0. The smallest absolute Gasteiger partial charge is 0.152 e. The Hall–Kier alpha value is -0.690.